The van der Waals surface area contributed by atoms with Crippen molar-refractivity contribution in [2.75, 3.05) is 19.3 Å². The van der Waals surface area contributed by atoms with E-state index in [0.717, 1.165) is 10.2 Å². The number of thiazole rings is 1. The molecule has 0 unspecified atom stereocenters. The largest absolute Gasteiger partial charge is 0.319 e. The SMILES string of the molecule is Cc1cc(C)c2sc(=NC(=O)C3CCN(S(C)(=O)=O)CC3)n(C)c2c1. The molecule has 1 saturated heterocycles. The van der Waals surface area contributed by atoms with E-state index in [0.29, 0.717) is 30.7 Å². The van der Waals surface area contributed by atoms with Gasteiger partial charge in [-0.05, 0) is 43.9 Å². The van der Waals surface area contributed by atoms with Gasteiger partial charge in [-0.15, -0.1) is 0 Å². The van der Waals surface area contributed by atoms with Crippen LogP contribution in [-0.4, -0.2) is 42.5 Å². The second-order valence-electron chi connectivity index (χ2n) is 6.76. The van der Waals surface area contributed by atoms with E-state index in [1.54, 1.807) is 0 Å². The lowest BCUT2D eigenvalue weighted by molar-refractivity contribution is -0.122. The van der Waals surface area contributed by atoms with Crippen molar-refractivity contribution in [3.8, 4) is 0 Å². The molecule has 136 valence electrons. The quantitative estimate of drug-likeness (QED) is 0.798. The molecule has 6 nitrogen and oxygen atoms in total. The Balaban J connectivity index is 1.87. The summed E-state index contributed by atoms with van der Waals surface area (Å²) in [5.41, 5.74) is 3.45. The molecule has 1 fully saturated rings. The topological polar surface area (TPSA) is 71.7 Å². The molecule has 1 aromatic heterocycles. The van der Waals surface area contributed by atoms with E-state index in [2.05, 4.69) is 31.0 Å². The van der Waals surface area contributed by atoms with Gasteiger partial charge in [0.2, 0.25) is 10.0 Å². The van der Waals surface area contributed by atoms with E-state index in [1.165, 1.54) is 33.0 Å². The lowest BCUT2D eigenvalue weighted by Gasteiger charge is -2.28. The maximum Gasteiger partial charge on any atom is 0.251 e. The molecule has 2 heterocycles. The molecule has 25 heavy (non-hydrogen) atoms. The Kier molecular flexibility index (Phi) is 4.87. The van der Waals surface area contributed by atoms with Crippen LogP contribution in [0, 0.1) is 19.8 Å². The summed E-state index contributed by atoms with van der Waals surface area (Å²) >= 11 is 1.53. The molecule has 1 aliphatic heterocycles. The minimum absolute atomic E-state index is 0.148. The third-order valence-electron chi connectivity index (χ3n) is 4.72. The average Bonchev–Trinajstić information content (AvgIpc) is 2.84. The van der Waals surface area contributed by atoms with Crippen LogP contribution in [-0.2, 0) is 21.9 Å². The molecular weight excluding hydrogens is 358 g/mol. The van der Waals surface area contributed by atoms with Crippen molar-refractivity contribution in [1.82, 2.24) is 8.87 Å². The molecule has 0 radical (unpaired) electrons. The molecule has 0 N–H and O–H groups in total. The summed E-state index contributed by atoms with van der Waals surface area (Å²) in [7, 11) is -1.25. The molecule has 8 heteroatoms. The number of hydrogen-bond acceptors (Lipinski definition) is 4. The Morgan fingerprint density at radius 1 is 1.24 bits per heavy atom. The number of sulfonamides is 1. The number of benzene rings is 1. The second-order valence-corrected chi connectivity index (χ2v) is 9.72. The fourth-order valence-corrected chi connectivity index (χ4v) is 5.24. The van der Waals surface area contributed by atoms with E-state index >= 15 is 0 Å². The van der Waals surface area contributed by atoms with Crippen LogP contribution in [0.2, 0.25) is 0 Å². The summed E-state index contributed by atoms with van der Waals surface area (Å²) in [4.78, 5) is 17.6. The zero-order valence-electron chi connectivity index (χ0n) is 14.9. The van der Waals surface area contributed by atoms with Crippen molar-refractivity contribution in [2.24, 2.45) is 18.0 Å². The lowest BCUT2D eigenvalue weighted by Crippen LogP contribution is -2.39. The summed E-state index contributed by atoms with van der Waals surface area (Å²) in [5.74, 6) is -0.351. The van der Waals surface area contributed by atoms with Crippen LogP contribution in [0.5, 0.6) is 0 Å². The summed E-state index contributed by atoms with van der Waals surface area (Å²) in [6, 6.07) is 4.23. The normalized spacial score (nSPS) is 18.2. The van der Waals surface area contributed by atoms with E-state index in [1.807, 2.05) is 11.6 Å². The molecule has 1 aliphatic rings. The Morgan fingerprint density at radius 3 is 2.48 bits per heavy atom. The van der Waals surface area contributed by atoms with E-state index in [4.69, 9.17) is 0 Å². The van der Waals surface area contributed by atoms with Crippen LogP contribution in [0.3, 0.4) is 0 Å². The van der Waals surface area contributed by atoms with Gasteiger partial charge >= 0.3 is 0 Å². The number of carbonyl (C=O) groups excluding carboxylic acids is 1. The lowest BCUT2D eigenvalue weighted by atomic mass is 9.98. The monoisotopic (exact) mass is 381 g/mol. The number of nitrogens with zero attached hydrogens (tertiary/aromatic N) is 3. The van der Waals surface area contributed by atoms with Crippen LogP contribution in [0.15, 0.2) is 17.1 Å². The first kappa shape index (κ1) is 18.3. The first-order valence-corrected chi connectivity index (χ1v) is 10.9. The fourth-order valence-electron chi connectivity index (χ4n) is 3.29. The number of hydrogen-bond donors (Lipinski definition) is 0. The molecule has 3 rings (SSSR count). The molecule has 0 atom stereocenters. The summed E-state index contributed by atoms with van der Waals surface area (Å²) < 4.78 is 27.7. The highest BCUT2D eigenvalue weighted by atomic mass is 32.2. The molecule has 1 aromatic carbocycles. The highest BCUT2D eigenvalue weighted by Crippen LogP contribution is 2.23. The highest BCUT2D eigenvalue weighted by molar-refractivity contribution is 7.88. The molecule has 0 aliphatic carbocycles. The van der Waals surface area contributed by atoms with Crippen molar-refractivity contribution in [2.45, 2.75) is 26.7 Å². The molecular formula is C17H23N3O3S2. The van der Waals surface area contributed by atoms with Gasteiger partial charge in [0.25, 0.3) is 5.91 Å². The third kappa shape index (κ3) is 3.70. The van der Waals surface area contributed by atoms with E-state index in [-0.39, 0.29) is 11.8 Å². The van der Waals surface area contributed by atoms with Gasteiger partial charge in [-0.25, -0.2) is 12.7 Å². The smallest absolute Gasteiger partial charge is 0.251 e. The minimum Gasteiger partial charge on any atom is -0.319 e. The predicted molar refractivity (Wildman–Crippen MR) is 100.0 cm³/mol. The summed E-state index contributed by atoms with van der Waals surface area (Å²) in [6.07, 6.45) is 2.27. The summed E-state index contributed by atoms with van der Waals surface area (Å²) in [6.45, 7) is 4.91. The molecule has 2 aromatic rings. The number of aryl methyl sites for hydroxylation is 3. The van der Waals surface area contributed by atoms with Gasteiger partial charge in [0.05, 0.1) is 16.5 Å². The Bertz CT molecular complexity index is 994. The van der Waals surface area contributed by atoms with Crippen LogP contribution in [0.4, 0.5) is 0 Å². The number of fused-ring (bicyclic) bond motifs is 1. The number of amides is 1. The van der Waals surface area contributed by atoms with E-state index < -0.39 is 10.0 Å². The molecule has 0 saturated carbocycles. The molecule has 1 amide bonds. The van der Waals surface area contributed by atoms with Crippen molar-refractivity contribution in [3.63, 3.8) is 0 Å². The van der Waals surface area contributed by atoms with Crippen molar-refractivity contribution >= 4 is 37.5 Å². The van der Waals surface area contributed by atoms with Crippen LogP contribution in [0.1, 0.15) is 24.0 Å². The number of carbonyl (C=O) groups is 1. The highest BCUT2D eigenvalue weighted by Gasteiger charge is 2.28. The molecule has 0 spiro atoms. The van der Waals surface area contributed by atoms with Crippen LogP contribution < -0.4 is 4.80 Å². The minimum atomic E-state index is -3.18. The van der Waals surface area contributed by atoms with E-state index in [9.17, 15) is 13.2 Å². The first-order chi connectivity index (χ1) is 11.7. The Labute approximate surface area is 151 Å². The maximum atomic E-state index is 12.6. The fraction of sp³-hybridized carbons (Fsp3) is 0.529. The van der Waals surface area contributed by atoms with Gasteiger partial charge in [-0.3, -0.25) is 4.79 Å². The van der Waals surface area contributed by atoms with Gasteiger partial charge in [0, 0.05) is 26.1 Å². The van der Waals surface area contributed by atoms with Crippen LogP contribution >= 0.6 is 11.3 Å². The van der Waals surface area contributed by atoms with Crippen molar-refractivity contribution < 1.29 is 13.2 Å². The third-order valence-corrected chi connectivity index (χ3v) is 7.31. The van der Waals surface area contributed by atoms with Gasteiger partial charge < -0.3 is 4.57 Å². The Hall–Kier alpha value is -1.51. The van der Waals surface area contributed by atoms with Gasteiger partial charge in [0.1, 0.15) is 0 Å². The average molecular weight is 382 g/mol. The first-order valence-electron chi connectivity index (χ1n) is 8.27. The van der Waals surface area contributed by atoms with Crippen LogP contribution in [0.25, 0.3) is 10.2 Å². The second kappa shape index (κ2) is 6.66. The zero-order chi connectivity index (χ0) is 18.4. The number of rotatable bonds is 2. The predicted octanol–water partition coefficient (Wildman–Crippen LogP) is 1.96. The van der Waals surface area contributed by atoms with Gasteiger partial charge in [0.15, 0.2) is 4.80 Å². The van der Waals surface area contributed by atoms with Gasteiger partial charge in [-0.2, -0.15) is 4.99 Å². The van der Waals surface area contributed by atoms with Crippen molar-refractivity contribution in [1.29, 1.82) is 0 Å². The Morgan fingerprint density at radius 2 is 1.88 bits per heavy atom. The number of piperidine rings is 1. The maximum absolute atomic E-state index is 12.6. The number of aromatic nitrogens is 1. The van der Waals surface area contributed by atoms with Gasteiger partial charge in [-0.1, -0.05) is 17.4 Å². The standard InChI is InChI=1S/C17H23N3O3S2/c1-11-9-12(2)15-14(10-11)19(3)17(24-15)18-16(21)13-5-7-20(8-6-13)25(4,22)23/h9-10,13H,5-8H2,1-4H3. The summed E-state index contributed by atoms with van der Waals surface area (Å²) in [5, 5.41) is 0. The molecule has 0 bridgehead atoms. The van der Waals surface area contributed by atoms with Crippen molar-refractivity contribution in [3.05, 3.63) is 28.1 Å². The zero-order valence-corrected chi connectivity index (χ0v) is 16.6.